The van der Waals surface area contributed by atoms with Gasteiger partial charge in [-0.2, -0.15) is 0 Å². The van der Waals surface area contributed by atoms with E-state index in [1.54, 1.807) is 0 Å². The number of fused-ring (bicyclic) bond motifs is 1. The summed E-state index contributed by atoms with van der Waals surface area (Å²) in [5.41, 5.74) is -0.475. The Bertz CT molecular complexity index is 793. The Morgan fingerprint density at radius 1 is 1.30 bits per heavy atom. The fourth-order valence-corrected chi connectivity index (χ4v) is 1.96. The van der Waals surface area contributed by atoms with Gasteiger partial charge in [-0.25, -0.2) is 17.5 Å². The number of ether oxygens (including phenoxy) is 1. The van der Waals surface area contributed by atoms with Gasteiger partial charge in [-0.1, -0.05) is 0 Å². The molecule has 0 unspecified atom stereocenters. The Kier molecular flexibility index (Phi) is 3.69. The minimum absolute atomic E-state index is 0.192. The molecule has 0 saturated heterocycles. The summed E-state index contributed by atoms with van der Waals surface area (Å²) in [4.78, 5) is 11.1. The lowest BCUT2D eigenvalue weighted by atomic mass is 10.2. The maximum Gasteiger partial charge on any atom is 0.339 e. The lowest BCUT2D eigenvalue weighted by Gasteiger charge is -2.12. The predicted molar refractivity (Wildman–Crippen MR) is 72.3 cm³/mol. The van der Waals surface area contributed by atoms with Gasteiger partial charge in [-0.05, 0) is 18.2 Å². The number of nitrogens with zero attached hydrogens (tertiary/aromatic N) is 1. The molecular weight excluding hydrogens is 286 g/mol. The molecule has 1 aromatic heterocycles. The van der Waals surface area contributed by atoms with Gasteiger partial charge >= 0.3 is 5.63 Å². The molecule has 0 atom stereocenters. The summed E-state index contributed by atoms with van der Waals surface area (Å²) in [6, 6.07) is 5.21. The van der Waals surface area contributed by atoms with Crippen molar-refractivity contribution in [1.29, 1.82) is 0 Å². The molecule has 1 aromatic carbocycles. The molecule has 0 aliphatic carbocycles. The van der Waals surface area contributed by atoms with Crippen LogP contribution < -0.4 is 10.4 Å². The van der Waals surface area contributed by atoms with E-state index >= 15 is 0 Å². The fraction of sp³-hybridized carbons (Fsp3) is 0.250. The van der Waals surface area contributed by atoms with E-state index in [2.05, 4.69) is 0 Å². The van der Waals surface area contributed by atoms with Crippen LogP contribution in [0, 0.1) is 0 Å². The van der Waals surface area contributed by atoms with E-state index < -0.39 is 21.6 Å². The van der Waals surface area contributed by atoms with E-state index in [9.17, 15) is 18.3 Å². The van der Waals surface area contributed by atoms with Crippen LogP contribution >= 0.6 is 0 Å². The number of aromatic hydroxyl groups is 1. The average molecular weight is 299 g/mol. The molecule has 0 aliphatic heterocycles. The first-order valence-corrected chi connectivity index (χ1v) is 7.20. The topological polar surface area (TPSA) is 97.0 Å². The highest BCUT2D eigenvalue weighted by atomic mass is 32.2. The minimum atomic E-state index is -3.49. The summed E-state index contributed by atoms with van der Waals surface area (Å²) in [6.45, 7) is 0. The number of hydrogen-bond acceptors (Lipinski definition) is 6. The highest BCUT2D eigenvalue weighted by Crippen LogP contribution is 2.26. The van der Waals surface area contributed by atoms with Gasteiger partial charge in [-0.15, -0.1) is 0 Å². The van der Waals surface area contributed by atoms with Crippen molar-refractivity contribution < 1.29 is 22.7 Å². The first-order valence-electron chi connectivity index (χ1n) is 5.59. The van der Waals surface area contributed by atoms with Crippen molar-refractivity contribution >= 4 is 21.0 Å². The largest absolute Gasteiger partial charge is 0.507 e. The van der Waals surface area contributed by atoms with Gasteiger partial charge in [0, 0.05) is 14.1 Å². The Morgan fingerprint density at radius 2 is 2.00 bits per heavy atom. The van der Waals surface area contributed by atoms with Gasteiger partial charge in [-0.3, -0.25) is 0 Å². The molecule has 0 spiro atoms. The standard InChI is InChI=1S/C12H13NO6S/c1-13(2)20(16,17)7-18-8-3-4-11-9(5-8)10(14)6-12(15)19-11/h3-6,14H,7H2,1-2H3. The predicted octanol–water partition coefficient (Wildman–Crippen LogP) is 0.726. The van der Waals surface area contributed by atoms with E-state index in [1.807, 2.05) is 0 Å². The molecule has 8 heteroatoms. The van der Waals surface area contributed by atoms with Gasteiger partial charge in [0.2, 0.25) is 16.0 Å². The zero-order valence-electron chi connectivity index (χ0n) is 10.9. The molecule has 2 rings (SSSR count). The smallest absolute Gasteiger partial charge is 0.339 e. The van der Waals surface area contributed by atoms with Gasteiger partial charge in [0.1, 0.15) is 17.1 Å². The van der Waals surface area contributed by atoms with E-state index in [0.717, 1.165) is 10.4 Å². The summed E-state index contributed by atoms with van der Waals surface area (Å²) in [7, 11) is -0.687. The molecule has 0 aliphatic rings. The van der Waals surface area contributed by atoms with Crippen LogP contribution in [-0.4, -0.2) is 37.9 Å². The van der Waals surface area contributed by atoms with E-state index in [0.29, 0.717) is 0 Å². The zero-order valence-corrected chi connectivity index (χ0v) is 11.7. The minimum Gasteiger partial charge on any atom is -0.507 e. The Morgan fingerprint density at radius 3 is 2.65 bits per heavy atom. The SMILES string of the molecule is CN(C)S(=O)(=O)COc1ccc2oc(=O)cc(O)c2c1. The van der Waals surface area contributed by atoms with Crippen LogP contribution in [0.4, 0.5) is 0 Å². The highest BCUT2D eigenvalue weighted by molar-refractivity contribution is 7.88. The van der Waals surface area contributed by atoms with Crippen LogP contribution in [0.3, 0.4) is 0 Å². The first kappa shape index (κ1) is 14.4. The van der Waals surface area contributed by atoms with Crippen LogP contribution in [0.5, 0.6) is 11.5 Å². The number of rotatable bonds is 4. The van der Waals surface area contributed by atoms with Crippen molar-refractivity contribution in [3.8, 4) is 11.5 Å². The van der Waals surface area contributed by atoms with Crippen molar-refractivity contribution in [2.75, 3.05) is 20.0 Å². The van der Waals surface area contributed by atoms with E-state index in [4.69, 9.17) is 9.15 Å². The van der Waals surface area contributed by atoms with Gasteiger partial charge in [0.05, 0.1) is 11.5 Å². The molecule has 20 heavy (non-hydrogen) atoms. The van der Waals surface area contributed by atoms with Crippen molar-refractivity contribution in [3.63, 3.8) is 0 Å². The highest BCUT2D eigenvalue weighted by Gasteiger charge is 2.15. The third-order valence-corrected chi connectivity index (χ3v) is 4.15. The molecule has 0 fully saturated rings. The lowest BCUT2D eigenvalue weighted by Crippen LogP contribution is -2.27. The summed E-state index contributed by atoms with van der Waals surface area (Å²) >= 11 is 0. The van der Waals surface area contributed by atoms with Crippen LogP contribution in [0.2, 0.25) is 0 Å². The monoisotopic (exact) mass is 299 g/mol. The second-order valence-electron chi connectivity index (χ2n) is 4.27. The second kappa shape index (κ2) is 5.14. The van der Waals surface area contributed by atoms with Gasteiger partial charge in [0.25, 0.3) is 0 Å². The Labute approximate surface area is 115 Å². The molecule has 108 valence electrons. The molecule has 2 aromatic rings. The van der Waals surface area contributed by atoms with Gasteiger partial charge in [0.15, 0.2) is 0 Å². The summed E-state index contributed by atoms with van der Waals surface area (Å²) in [6.07, 6.45) is 0. The second-order valence-corrected chi connectivity index (χ2v) is 6.39. The number of benzene rings is 1. The summed E-state index contributed by atoms with van der Waals surface area (Å²) < 4.78 is 34.2. The summed E-state index contributed by atoms with van der Waals surface area (Å²) in [5.74, 6) is -0.535. The van der Waals surface area contributed by atoms with Crippen molar-refractivity contribution in [3.05, 3.63) is 34.7 Å². The third-order valence-electron chi connectivity index (χ3n) is 2.62. The molecule has 0 radical (unpaired) electrons. The van der Waals surface area contributed by atoms with Crippen molar-refractivity contribution in [2.24, 2.45) is 0 Å². The van der Waals surface area contributed by atoms with E-state index in [-0.39, 0.29) is 22.5 Å². The lowest BCUT2D eigenvalue weighted by molar-refractivity contribution is 0.364. The van der Waals surface area contributed by atoms with Crippen molar-refractivity contribution in [2.45, 2.75) is 0 Å². The molecule has 1 heterocycles. The fourth-order valence-electron chi connectivity index (χ4n) is 1.46. The maximum absolute atomic E-state index is 11.6. The van der Waals surface area contributed by atoms with Crippen LogP contribution in [0.25, 0.3) is 11.0 Å². The average Bonchev–Trinajstić information content (AvgIpc) is 2.36. The summed E-state index contributed by atoms with van der Waals surface area (Å²) in [5, 5.41) is 9.92. The van der Waals surface area contributed by atoms with Crippen LogP contribution in [0.15, 0.2) is 33.5 Å². The first-order chi connectivity index (χ1) is 9.29. The number of sulfonamides is 1. The van der Waals surface area contributed by atoms with Crippen molar-refractivity contribution in [1.82, 2.24) is 4.31 Å². The molecule has 0 bridgehead atoms. The molecule has 7 nitrogen and oxygen atoms in total. The molecule has 0 amide bonds. The van der Waals surface area contributed by atoms with E-state index in [1.165, 1.54) is 32.3 Å². The number of hydrogen-bond donors (Lipinski definition) is 1. The molecule has 0 saturated carbocycles. The third kappa shape index (κ3) is 2.91. The maximum atomic E-state index is 11.6. The quantitative estimate of drug-likeness (QED) is 0.836. The Balaban J connectivity index is 2.31. The molecule has 1 N–H and O–H groups in total. The van der Waals surface area contributed by atoms with Crippen LogP contribution in [0.1, 0.15) is 0 Å². The molecular formula is C12H13NO6S. The normalized spacial score (nSPS) is 11.9. The van der Waals surface area contributed by atoms with Crippen LogP contribution in [-0.2, 0) is 10.0 Å². The Hall–Kier alpha value is -2.06. The zero-order chi connectivity index (χ0) is 14.9. The van der Waals surface area contributed by atoms with Gasteiger partial charge < -0.3 is 14.3 Å².